The Hall–Kier alpha value is -14.8. The molecule has 672 valence electrons. The summed E-state index contributed by atoms with van der Waals surface area (Å²) in [7, 11) is 0. The smallest absolute Gasteiger partial charge is 0.0433 e. The summed E-state index contributed by atoms with van der Waals surface area (Å²) in [6.45, 7) is 15.1. The maximum Gasteiger partial charge on any atom is 0.0433 e. The second kappa shape index (κ2) is 40.3. The first-order valence-electron chi connectivity index (χ1n) is 47.6. The minimum atomic E-state index is 1.29. The Kier molecular flexibility index (Phi) is 26.0. The summed E-state index contributed by atoms with van der Waals surface area (Å²) in [4.78, 5) is 0. The minimum Gasteiger partial charge on any atom is -0.135 e. The standard InChI is InChI=1S/7C19H14S/c1-13-6-4-7-14(12-13)15-9-5-10-17-16-8-2-3-11-18(16)20-19(15)17;1-13-7-2-3-8-14(13)16-10-6-11-17-15-9-4-5-12-18(15)20-19(16)17;1-13-5-4-6-14(11-13)15-9-10-17-16-7-2-3-8-18(16)20-19(17)12-15;1-13-6-2-3-7-15(13)14-10-11-17-16-8-4-5-9-18(16)20-19(17)12-14;1-13-9-11-14(12-10-13)15-6-4-7-17-16-5-2-3-8-18(16)20-19(15)17;1-13-7-5-11-16-17-12-6-10-15(19(17)20-18(13)16)14-8-3-2-4-9-14;1-13-6-8-14(9-7-13)15-10-11-17-16-4-2-3-5-18(16)20-19(17)12-15/h7*2-12H,1H3. The third-order valence-corrected chi connectivity index (χ3v) is 34.9. The van der Waals surface area contributed by atoms with E-state index in [-0.39, 0.29) is 0 Å². The first-order valence-corrected chi connectivity index (χ1v) is 53.3. The van der Waals surface area contributed by atoms with Crippen LogP contribution in [0.1, 0.15) is 38.9 Å². The van der Waals surface area contributed by atoms with Gasteiger partial charge in [0, 0.05) is 141 Å². The summed E-state index contributed by atoms with van der Waals surface area (Å²) in [5.41, 5.74) is 27.6. The monoisotopic (exact) mass is 1920 g/mol. The summed E-state index contributed by atoms with van der Waals surface area (Å²) in [6.07, 6.45) is 0. The van der Waals surface area contributed by atoms with Gasteiger partial charge in [-0.15, -0.1) is 79.4 Å². The fraction of sp³-hybridized carbons (Fsp3) is 0.0526. The van der Waals surface area contributed by atoms with Gasteiger partial charge in [-0.25, -0.2) is 0 Å². The summed E-state index contributed by atoms with van der Waals surface area (Å²) < 4.78 is 19.3. The van der Waals surface area contributed by atoms with Gasteiger partial charge in [0.1, 0.15) is 0 Å². The zero-order valence-corrected chi connectivity index (χ0v) is 84.5. The van der Waals surface area contributed by atoms with Crippen molar-refractivity contribution in [3.63, 3.8) is 0 Å². The Morgan fingerprint density at radius 2 is 0.364 bits per heavy atom. The average molecular weight is 1920 g/mol. The molecule has 7 heterocycles. The molecule has 0 atom stereocenters. The number of hydrogen-bond acceptors (Lipinski definition) is 7. The van der Waals surface area contributed by atoms with Crippen LogP contribution >= 0.6 is 79.4 Å². The zero-order valence-electron chi connectivity index (χ0n) is 78.8. The van der Waals surface area contributed by atoms with E-state index in [4.69, 9.17) is 0 Å². The molecule has 0 fully saturated rings. The van der Waals surface area contributed by atoms with Crippen molar-refractivity contribution in [2.45, 2.75) is 48.5 Å². The highest BCUT2D eigenvalue weighted by molar-refractivity contribution is 7.28. The molecule has 0 spiro atoms. The van der Waals surface area contributed by atoms with E-state index in [9.17, 15) is 0 Å². The largest absolute Gasteiger partial charge is 0.135 e. The van der Waals surface area contributed by atoms with Gasteiger partial charge in [0.15, 0.2) is 0 Å². The molecule has 21 aromatic carbocycles. The predicted molar refractivity (Wildman–Crippen MR) is 627 cm³/mol. The lowest BCUT2D eigenvalue weighted by Gasteiger charge is -2.06. The van der Waals surface area contributed by atoms with E-state index in [1.807, 2.05) is 79.4 Å². The van der Waals surface area contributed by atoms with Crippen LogP contribution in [0, 0.1) is 48.5 Å². The van der Waals surface area contributed by atoms with E-state index in [0.717, 1.165) is 0 Å². The second-order valence-electron chi connectivity index (χ2n) is 36.0. The molecule has 0 nitrogen and oxygen atoms in total. The summed E-state index contributed by atoms with van der Waals surface area (Å²) in [6, 6.07) is 168. The Balaban J connectivity index is 0.0000000939. The molecule has 0 saturated carbocycles. The van der Waals surface area contributed by atoms with Crippen molar-refractivity contribution in [2.24, 2.45) is 0 Å². The lowest BCUT2D eigenvalue weighted by molar-refractivity contribution is 1.46. The molecule has 28 aromatic rings. The molecule has 7 heteroatoms. The van der Waals surface area contributed by atoms with Crippen LogP contribution in [0.15, 0.2) is 467 Å². The number of thiophene rings is 7. The third-order valence-electron chi connectivity index (χ3n) is 26.5. The van der Waals surface area contributed by atoms with Gasteiger partial charge in [-0.05, 0) is 198 Å². The highest BCUT2D eigenvalue weighted by Gasteiger charge is 2.18. The topological polar surface area (TPSA) is 0 Å². The third kappa shape index (κ3) is 18.6. The van der Waals surface area contributed by atoms with Gasteiger partial charge in [-0.3, -0.25) is 0 Å². The van der Waals surface area contributed by atoms with Crippen molar-refractivity contribution in [2.75, 3.05) is 0 Å². The average Bonchev–Trinajstić information content (AvgIpc) is 1.65. The van der Waals surface area contributed by atoms with Crippen molar-refractivity contribution in [3.05, 3.63) is 506 Å². The van der Waals surface area contributed by atoms with Crippen LogP contribution in [-0.4, -0.2) is 0 Å². The Bertz CT molecular complexity index is 9410. The molecule has 0 N–H and O–H groups in total. The lowest BCUT2D eigenvalue weighted by Crippen LogP contribution is -1.82. The van der Waals surface area contributed by atoms with Gasteiger partial charge in [0.25, 0.3) is 0 Å². The molecule has 28 rings (SSSR count). The Morgan fingerprint density at radius 1 is 0.114 bits per heavy atom. The fourth-order valence-electron chi connectivity index (χ4n) is 19.3. The number of benzene rings is 21. The van der Waals surface area contributed by atoms with Crippen molar-refractivity contribution in [3.8, 4) is 77.9 Å². The van der Waals surface area contributed by atoms with Crippen LogP contribution in [0.2, 0.25) is 0 Å². The van der Waals surface area contributed by atoms with Crippen molar-refractivity contribution < 1.29 is 0 Å². The molecule has 0 saturated heterocycles. The van der Waals surface area contributed by atoms with Gasteiger partial charge in [-0.2, -0.15) is 0 Å². The molecule has 0 amide bonds. The van der Waals surface area contributed by atoms with Crippen molar-refractivity contribution in [1.82, 2.24) is 0 Å². The lowest BCUT2D eigenvalue weighted by atomic mass is 9.99. The molecule has 7 aromatic heterocycles. The molecule has 0 bridgehead atoms. The molecule has 0 radical (unpaired) electrons. The number of aryl methyl sites for hydroxylation is 7. The summed E-state index contributed by atoms with van der Waals surface area (Å²) >= 11 is 13.2. The highest BCUT2D eigenvalue weighted by atomic mass is 32.1. The van der Waals surface area contributed by atoms with Gasteiger partial charge >= 0.3 is 0 Å². The first kappa shape index (κ1) is 90.3. The van der Waals surface area contributed by atoms with Crippen LogP contribution in [0.5, 0.6) is 0 Å². The maximum atomic E-state index is 2.32. The maximum absolute atomic E-state index is 2.32. The van der Waals surface area contributed by atoms with Crippen LogP contribution in [0.3, 0.4) is 0 Å². The molecule has 0 unspecified atom stereocenters. The van der Waals surface area contributed by atoms with E-state index < -0.39 is 0 Å². The Labute approximate surface area is 845 Å². The van der Waals surface area contributed by atoms with Gasteiger partial charge < -0.3 is 0 Å². The number of fused-ring (bicyclic) bond motifs is 21. The SMILES string of the molecule is Cc1ccc(-c2ccc3c(c2)sc2ccccc23)cc1.Cc1ccc(-c2cccc3c2sc2ccccc23)cc1.Cc1cccc(-c2ccc3c(c2)sc2ccccc23)c1.Cc1cccc(-c2cccc3c2sc2ccccc23)c1.Cc1cccc2c1sc1c(-c3ccccc3)cccc12.Cc1ccccc1-c1ccc2c(c1)sc1ccccc12.Cc1ccccc1-c1cccc2c1sc1ccccc12. The quantitative estimate of drug-likeness (QED) is 0.149. The van der Waals surface area contributed by atoms with Gasteiger partial charge in [0.2, 0.25) is 0 Å². The van der Waals surface area contributed by atoms with Crippen LogP contribution in [0.25, 0.3) is 219 Å². The molecule has 0 aliphatic rings. The van der Waals surface area contributed by atoms with Crippen LogP contribution < -0.4 is 0 Å². The van der Waals surface area contributed by atoms with Crippen molar-refractivity contribution in [1.29, 1.82) is 0 Å². The van der Waals surface area contributed by atoms with E-state index in [0.29, 0.717) is 0 Å². The molecular formula is C133H98S7. The summed E-state index contributed by atoms with van der Waals surface area (Å²) in [5, 5.41) is 19.1. The minimum absolute atomic E-state index is 1.29. The Morgan fingerprint density at radius 3 is 0.814 bits per heavy atom. The molecule has 0 aliphatic heterocycles. The summed E-state index contributed by atoms with van der Waals surface area (Å²) in [5.74, 6) is 0. The van der Waals surface area contributed by atoms with Crippen LogP contribution in [-0.2, 0) is 0 Å². The van der Waals surface area contributed by atoms with E-state index >= 15 is 0 Å². The van der Waals surface area contributed by atoms with E-state index in [1.165, 1.54) is 258 Å². The van der Waals surface area contributed by atoms with E-state index in [1.54, 1.807) is 0 Å². The fourth-order valence-corrected chi connectivity index (χ4v) is 27.8. The zero-order chi connectivity index (χ0) is 94.7. The van der Waals surface area contributed by atoms with Gasteiger partial charge in [-0.1, -0.05) is 435 Å². The molecule has 140 heavy (non-hydrogen) atoms. The van der Waals surface area contributed by atoms with Crippen molar-refractivity contribution >= 4 is 221 Å². The second-order valence-corrected chi connectivity index (χ2v) is 43.4. The predicted octanol–water partition coefficient (Wildman–Crippen LogP) is 42.2. The molecular weight excluding hydrogens is 1820 g/mol. The van der Waals surface area contributed by atoms with Crippen LogP contribution in [0.4, 0.5) is 0 Å². The molecule has 0 aliphatic carbocycles. The van der Waals surface area contributed by atoms with Gasteiger partial charge in [0.05, 0.1) is 0 Å². The number of hydrogen-bond donors (Lipinski definition) is 0. The normalized spacial score (nSPS) is 11.2. The number of rotatable bonds is 7. The highest BCUT2D eigenvalue weighted by Crippen LogP contribution is 2.48. The first-order chi connectivity index (χ1) is 68.8. The van der Waals surface area contributed by atoms with E-state index in [2.05, 4.69) is 516 Å².